The molecule has 2 aromatic rings. The summed E-state index contributed by atoms with van der Waals surface area (Å²) in [6, 6.07) is 1.81. The first kappa shape index (κ1) is 18.3. The number of hydrogen-bond donors (Lipinski definition) is 0. The molecule has 2 rings (SSSR count). The topological polar surface area (TPSA) is 52.6 Å². The van der Waals surface area contributed by atoms with E-state index >= 15 is 0 Å². The second kappa shape index (κ2) is 7.24. The standard InChI is InChI=1S/C15H6F6O4/c16-6-1-3-8(18)14(12(6)20)24-10(22)5-11(23)25-15-9(19)4-2-7(17)13(15)21/h1-4H,5H2. The Labute approximate surface area is 135 Å². The summed E-state index contributed by atoms with van der Waals surface area (Å²) in [5.74, 6) is -15.5. The van der Waals surface area contributed by atoms with Crippen LogP contribution in [-0.2, 0) is 9.59 Å². The van der Waals surface area contributed by atoms with Crippen LogP contribution in [0.5, 0.6) is 11.5 Å². The molecule has 0 amide bonds. The van der Waals surface area contributed by atoms with Gasteiger partial charge in [-0.05, 0) is 24.3 Å². The third-order valence-corrected chi connectivity index (χ3v) is 2.72. The molecule has 0 unspecified atom stereocenters. The highest BCUT2D eigenvalue weighted by Crippen LogP contribution is 2.25. The van der Waals surface area contributed by atoms with Crippen molar-refractivity contribution in [1.29, 1.82) is 0 Å². The minimum atomic E-state index is -1.82. The summed E-state index contributed by atoms with van der Waals surface area (Å²) in [4.78, 5) is 22.9. The lowest BCUT2D eigenvalue weighted by Crippen LogP contribution is -2.20. The van der Waals surface area contributed by atoms with E-state index in [2.05, 4.69) is 9.47 Å². The van der Waals surface area contributed by atoms with E-state index in [0.717, 1.165) is 0 Å². The van der Waals surface area contributed by atoms with Crippen LogP contribution in [0, 0.1) is 34.9 Å². The Balaban J connectivity index is 2.08. The molecule has 0 heterocycles. The van der Waals surface area contributed by atoms with Crippen molar-refractivity contribution in [3.05, 3.63) is 59.2 Å². The molecule has 0 spiro atoms. The Morgan fingerprint density at radius 2 is 0.960 bits per heavy atom. The van der Waals surface area contributed by atoms with Crippen molar-refractivity contribution in [1.82, 2.24) is 0 Å². The van der Waals surface area contributed by atoms with Gasteiger partial charge in [0.2, 0.25) is 23.1 Å². The Morgan fingerprint density at radius 3 is 1.32 bits per heavy atom. The quantitative estimate of drug-likeness (QED) is 0.274. The van der Waals surface area contributed by atoms with Gasteiger partial charge in [0.1, 0.15) is 6.42 Å². The Morgan fingerprint density at radius 1 is 0.640 bits per heavy atom. The van der Waals surface area contributed by atoms with Gasteiger partial charge in [-0.25, -0.2) is 17.6 Å². The van der Waals surface area contributed by atoms with Crippen LogP contribution in [0.3, 0.4) is 0 Å². The molecule has 132 valence electrons. The molecule has 0 aromatic heterocycles. The molecule has 0 bridgehead atoms. The average Bonchev–Trinajstić information content (AvgIpc) is 2.55. The summed E-state index contributed by atoms with van der Waals surface area (Å²) in [5, 5.41) is 0. The molecule has 4 nitrogen and oxygen atoms in total. The summed E-state index contributed by atoms with van der Waals surface area (Å²) < 4.78 is 87.4. The second-order valence-electron chi connectivity index (χ2n) is 4.47. The molecular weight excluding hydrogens is 358 g/mol. The molecule has 2 aromatic carbocycles. The van der Waals surface area contributed by atoms with E-state index in [9.17, 15) is 35.9 Å². The molecular formula is C15H6F6O4. The van der Waals surface area contributed by atoms with Gasteiger partial charge >= 0.3 is 11.9 Å². The predicted octanol–water partition coefficient (Wildman–Crippen LogP) is 3.42. The monoisotopic (exact) mass is 364 g/mol. The van der Waals surface area contributed by atoms with Gasteiger partial charge in [-0.15, -0.1) is 0 Å². The Bertz CT molecular complexity index is 783. The molecule has 0 aliphatic carbocycles. The third kappa shape index (κ3) is 4.08. The highest BCUT2D eigenvalue weighted by molar-refractivity contribution is 5.93. The van der Waals surface area contributed by atoms with E-state index in [1.807, 2.05) is 0 Å². The smallest absolute Gasteiger partial charge is 0.322 e. The highest BCUT2D eigenvalue weighted by Gasteiger charge is 2.23. The van der Waals surface area contributed by atoms with Gasteiger partial charge in [-0.2, -0.15) is 8.78 Å². The van der Waals surface area contributed by atoms with Gasteiger partial charge in [-0.1, -0.05) is 0 Å². The molecule has 10 heteroatoms. The fourth-order valence-corrected chi connectivity index (χ4v) is 1.62. The van der Waals surface area contributed by atoms with Crippen molar-refractivity contribution in [3.63, 3.8) is 0 Å². The molecule has 0 radical (unpaired) electrons. The normalized spacial score (nSPS) is 10.5. The summed E-state index contributed by atoms with van der Waals surface area (Å²) in [7, 11) is 0. The van der Waals surface area contributed by atoms with E-state index in [1.54, 1.807) is 0 Å². The third-order valence-electron chi connectivity index (χ3n) is 2.72. The predicted molar refractivity (Wildman–Crippen MR) is 68.5 cm³/mol. The van der Waals surface area contributed by atoms with E-state index < -0.39 is 64.8 Å². The van der Waals surface area contributed by atoms with Crippen LogP contribution in [0.25, 0.3) is 0 Å². The van der Waals surface area contributed by atoms with Gasteiger partial charge in [0.25, 0.3) is 0 Å². The molecule has 0 fully saturated rings. The van der Waals surface area contributed by atoms with Crippen LogP contribution >= 0.6 is 0 Å². The number of carbonyl (C=O) groups excluding carboxylic acids is 2. The van der Waals surface area contributed by atoms with Gasteiger partial charge in [0.15, 0.2) is 23.3 Å². The number of carbonyl (C=O) groups is 2. The maximum absolute atomic E-state index is 13.3. The van der Waals surface area contributed by atoms with Crippen molar-refractivity contribution in [2.45, 2.75) is 6.42 Å². The lowest BCUT2D eigenvalue weighted by Gasteiger charge is -2.08. The van der Waals surface area contributed by atoms with Crippen molar-refractivity contribution in [3.8, 4) is 11.5 Å². The number of benzene rings is 2. The minimum Gasteiger partial charge on any atom is -0.420 e. The maximum Gasteiger partial charge on any atom is 0.322 e. The summed E-state index contributed by atoms with van der Waals surface area (Å²) in [6.45, 7) is 0. The van der Waals surface area contributed by atoms with E-state index in [4.69, 9.17) is 0 Å². The van der Waals surface area contributed by atoms with Crippen LogP contribution in [0.1, 0.15) is 6.42 Å². The van der Waals surface area contributed by atoms with Crippen molar-refractivity contribution in [2.24, 2.45) is 0 Å². The first-order chi connectivity index (χ1) is 11.7. The lowest BCUT2D eigenvalue weighted by atomic mass is 10.3. The fraction of sp³-hybridized carbons (Fsp3) is 0.0667. The Kier molecular flexibility index (Phi) is 5.30. The zero-order valence-corrected chi connectivity index (χ0v) is 11.9. The fourth-order valence-electron chi connectivity index (χ4n) is 1.62. The van der Waals surface area contributed by atoms with Crippen molar-refractivity contribution >= 4 is 11.9 Å². The van der Waals surface area contributed by atoms with Gasteiger partial charge in [0.05, 0.1) is 0 Å². The van der Waals surface area contributed by atoms with E-state index in [0.29, 0.717) is 24.3 Å². The zero-order valence-electron chi connectivity index (χ0n) is 11.9. The lowest BCUT2D eigenvalue weighted by molar-refractivity contribution is -0.144. The molecule has 25 heavy (non-hydrogen) atoms. The molecule has 0 saturated heterocycles. The van der Waals surface area contributed by atoms with Crippen LogP contribution in [0.4, 0.5) is 26.3 Å². The zero-order chi connectivity index (χ0) is 18.7. The van der Waals surface area contributed by atoms with Gasteiger partial charge < -0.3 is 9.47 Å². The first-order valence-corrected chi connectivity index (χ1v) is 6.39. The minimum absolute atomic E-state index is 0.436. The van der Waals surface area contributed by atoms with E-state index in [1.165, 1.54) is 0 Å². The molecule has 0 saturated carbocycles. The van der Waals surface area contributed by atoms with Gasteiger partial charge in [-0.3, -0.25) is 9.59 Å². The number of esters is 2. The first-order valence-electron chi connectivity index (χ1n) is 6.39. The van der Waals surface area contributed by atoms with Gasteiger partial charge in [0, 0.05) is 0 Å². The average molecular weight is 364 g/mol. The highest BCUT2D eigenvalue weighted by atomic mass is 19.2. The van der Waals surface area contributed by atoms with Crippen molar-refractivity contribution < 1.29 is 45.4 Å². The molecule has 0 aliphatic rings. The van der Waals surface area contributed by atoms with Crippen LogP contribution in [0.15, 0.2) is 24.3 Å². The largest absolute Gasteiger partial charge is 0.420 e. The summed E-state index contributed by atoms with van der Waals surface area (Å²) in [6.07, 6.45) is -1.34. The number of ether oxygens (including phenoxy) is 2. The van der Waals surface area contributed by atoms with Crippen molar-refractivity contribution in [2.75, 3.05) is 0 Å². The van der Waals surface area contributed by atoms with Crippen LogP contribution in [0.2, 0.25) is 0 Å². The number of halogens is 6. The number of hydrogen-bond acceptors (Lipinski definition) is 4. The molecule has 0 atom stereocenters. The maximum atomic E-state index is 13.3. The Hall–Kier alpha value is -3.04. The van der Waals surface area contributed by atoms with Crippen LogP contribution < -0.4 is 9.47 Å². The summed E-state index contributed by atoms with van der Waals surface area (Å²) in [5.41, 5.74) is 0. The SMILES string of the molecule is O=C(CC(=O)Oc1c(F)ccc(F)c1F)Oc1c(F)ccc(F)c1F. The van der Waals surface area contributed by atoms with E-state index in [-0.39, 0.29) is 0 Å². The summed E-state index contributed by atoms with van der Waals surface area (Å²) >= 11 is 0. The second-order valence-corrected chi connectivity index (χ2v) is 4.47. The number of rotatable bonds is 4. The van der Waals surface area contributed by atoms with Crippen LogP contribution in [-0.4, -0.2) is 11.9 Å². The molecule has 0 aliphatic heterocycles. The molecule has 0 N–H and O–H groups in total.